The van der Waals surface area contributed by atoms with Gasteiger partial charge in [0.25, 0.3) is 0 Å². The number of hydrogen-bond acceptors (Lipinski definition) is 2. The van der Waals surface area contributed by atoms with E-state index in [0.717, 1.165) is 12.0 Å². The number of carbonyl (C=O) groups excluding carboxylic acids is 1. The van der Waals surface area contributed by atoms with Gasteiger partial charge in [-0.1, -0.05) is 17.7 Å². The zero-order chi connectivity index (χ0) is 9.84. The van der Waals surface area contributed by atoms with Crippen LogP contribution in [-0.4, -0.2) is 12.8 Å². The summed E-state index contributed by atoms with van der Waals surface area (Å²) in [5.41, 5.74) is 4.73. The molecule has 2 nitrogen and oxygen atoms in total. The van der Waals surface area contributed by atoms with Gasteiger partial charge in [-0.3, -0.25) is 0 Å². The van der Waals surface area contributed by atoms with Gasteiger partial charge in [0.05, 0.1) is 6.54 Å². The van der Waals surface area contributed by atoms with Gasteiger partial charge in [0, 0.05) is 5.69 Å². The Morgan fingerprint density at radius 1 is 1.23 bits per heavy atom. The molecular weight excluding hydrogens is 162 g/mol. The summed E-state index contributed by atoms with van der Waals surface area (Å²) >= 11 is 0. The summed E-state index contributed by atoms with van der Waals surface area (Å²) in [6, 6.07) is 4.22. The number of benzene rings is 1. The summed E-state index contributed by atoms with van der Waals surface area (Å²) < 4.78 is 0. The van der Waals surface area contributed by atoms with Gasteiger partial charge in [-0.15, -0.1) is 0 Å². The third-order valence-corrected chi connectivity index (χ3v) is 2.04. The lowest BCUT2D eigenvalue weighted by atomic mass is 10.1. The molecule has 0 aliphatic heterocycles. The smallest absolute Gasteiger partial charge is 0.139 e. The fraction of sp³-hybridized carbons (Fsp3) is 0.364. The van der Waals surface area contributed by atoms with Gasteiger partial charge < -0.3 is 10.1 Å². The number of aryl methyl sites for hydroxylation is 3. The first-order valence-electron chi connectivity index (χ1n) is 4.40. The molecule has 0 amide bonds. The molecule has 0 atom stereocenters. The third-order valence-electron chi connectivity index (χ3n) is 2.04. The van der Waals surface area contributed by atoms with Crippen LogP contribution in [0.5, 0.6) is 0 Å². The van der Waals surface area contributed by atoms with E-state index in [9.17, 15) is 4.79 Å². The second-order valence-corrected chi connectivity index (χ2v) is 3.32. The maximum absolute atomic E-state index is 10.2. The van der Waals surface area contributed by atoms with Crippen molar-refractivity contribution in [1.29, 1.82) is 0 Å². The average molecular weight is 177 g/mol. The number of rotatable bonds is 3. The topological polar surface area (TPSA) is 29.1 Å². The molecule has 0 aromatic heterocycles. The Hall–Kier alpha value is -1.31. The van der Waals surface area contributed by atoms with Crippen LogP contribution in [0.1, 0.15) is 16.7 Å². The SMILES string of the molecule is Cc1cc(C)c(NCC=O)c(C)c1. The van der Waals surface area contributed by atoms with Crippen LogP contribution in [0.3, 0.4) is 0 Å². The lowest BCUT2D eigenvalue weighted by Crippen LogP contribution is -2.05. The number of carbonyl (C=O) groups is 1. The van der Waals surface area contributed by atoms with Crippen molar-refractivity contribution in [3.63, 3.8) is 0 Å². The summed E-state index contributed by atoms with van der Waals surface area (Å²) in [5.74, 6) is 0. The van der Waals surface area contributed by atoms with E-state index >= 15 is 0 Å². The monoisotopic (exact) mass is 177 g/mol. The molecule has 0 unspecified atom stereocenters. The molecule has 1 aromatic carbocycles. The lowest BCUT2D eigenvalue weighted by Gasteiger charge is -2.11. The van der Waals surface area contributed by atoms with Crippen molar-refractivity contribution in [3.05, 3.63) is 28.8 Å². The minimum atomic E-state index is 0.380. The minimum Gasteiger partial charge on any atom is -0.378 e. The molecule has 0 saturated heterocycles. The van der Waals surface area contributed by atoms with E-state index in [2.05, 4.69) is 24.4 Å². The highest BCUT2D eigenvalue weighted by atomic mass is 16.1. The highest BCUT2D eigenvalue weighted by molar-refractivity contribution is 5.64. The summed E-state index contributed by atoms with van der Waals surface area (Å²) in [6.07, 6.45) is 0.874. The predicted molar refractivity (Wildman–Crippen MR) is 55.2 cm³/mol. The largest absolute Gasteiger partial charge is 0.378 e. The second-order valence-electron chi connectivity index (χ2n) is 3.32. The van der Waals surface area contributed by atoms with Crippen LogP contribution >= 0.6 is 0 Å². The maximum atomic E-state index is 10.2. The van der Waals surface area contributed by atoms with Crippen molar-refractivity contribution in [2.45, 2.75) is 20.8 Å². The molecular formula is C11H15NO. The Labute approximate surface area is 79.0 Å². The molecule has 70 valence electrons. The Bertz CT molecular complexity index is 295. The van der Waals surface area contributed by atoms with Gasteiger partial charge >= 0.3 is 0 Å². The molecule has 0 radical (unpaired) electrons. The molecule has 1 aromatic rings. The minimum absolute atomic E-state index is 0.380. The zero-order valence-electron chi connectivity index (χ0n) is 8.35. The van der Waals surface area contributed by atoms with Crippen molar-refractivity contribution in [1.82, 2.24) is 0 Å². The number of nitrogens with one attached hydrogen (secondary N) is 1. The Morgan fingerprint density at radius 3 is 2.23 bits per heavy atom. The maximum Gasteiger partial charge on any atom is 0.139 e. The van der Waals surface area contributed by atoms with Crippen LogP contribution in [-0.2, 0) is 4.79 Å². The molecule has 1 N–H and O–H groups in total. The van der Waals surface area contributed by atoms with E-state index in [4.69, 9.17) is 0 Å². The first-order chi connectivity index (χ1) is 6.15. The van der Waals surface area contributed by atoms with Crippen molar-refractivity contribution in [2.75, 3.05) is 11.9 Å². The first-order valence-corrected chi connectivity index (χ1v) is 4.40. The molecule has 1 rings (SSSR count). The van der Waals surface area contributed by atoms with Gasteiger partial charge in [0.1, 0.15) is 6.29 Å². The van der Waals surface area contributed by atoms with E-state index < -0.39 is 0 Å². The second kappa shape index (κ2) is 4.08. The normalized spacial score (nSPS) is 9.77. The van der Waals surface area contributed by atoms with E-state index in [-0.39, 0.29) is 0 Å². The van der Waals surface area contributed by atoms with Crippen LogP contribution in [0.15, 0.2) is 12.1 Å². The predicted octanol–water partition coefficient (Wildman–Crippen LogP) is 2.22. The number of aldehydes is 1. The molecule has 0 aliphatic carbocycles. The standard InChI is InChI=1S/C11H15NO/c1-8-6-9(2)11(10(3)7-8)12-4-5-13/h5-7,12H,4H2,1-3H3. The summed E-state index contributed by atoms with van der Waals surface area (Å²) in [4.78, 5) is 10.2. The number of hydrogen-bond donors (Lipinski definition) is 1. The molecule has 0 saturated carbocycles. The van der Waals surface area contributed by atoms with Crippen LogP contribution < -0.4 is 5.32 Å². The quantitative estimate of drug-likeness (QED) is 0.717. The Kier molecular flexibility index (Phi) is 3.07. The van der Waals surface area contributed by atoms with Crippen LogP contribution in [0.25, 0.3) is 0 Å². The van der Waals surface area contributed by atoms with Crippen molar-refractivity contribution in [3.8, 4) is 0 Å². The first kappa shape index (κ1) is 9.78. The molecule has 0 aliphatic rings. The van der Waals surface area contributed by atoms with Crippen molar-refractivity contribution in [2.24, 2.45) is 0 Å². The third kappa shape index (κ3) is 2.31. The Balaban J connectivity index is 2.98. The fourth-order valence-electron chi connectivity index (χ4n) is 1.60. The van der Waals surface area contributed by atoms with E-state index in [1.54, 1.807) is 0 Å². The average Bonchev–Trinajstić information content (AvgIpc) is 2.02. The molecule has 2 heteroatoms. The molecule has 0 heterocycles. The molecule has 0 fully saturated rings. The molecule has 0 spiro atoms. The molecule has 0 bridgehead atoms. The van der Waals surface area contributed by atoms with Crippen LogP contribution in [0, 0.1) is 20.8 Å². The van der Waals surface area contributed by atoms with Crippen LogP contribution in [0.4, 0.5) is 5.69 Å². The fourth-order valence-corrected chi connectivity index (χ4v) is 1.60. The van der Waals surface area contributed by atoms with Gasteiger partial charge in [-0.25, -0.2) is 0 Å². The zero-order valence-corrected chi connectivity index (χ0v) is 8.35. The van der Waals surface area contributed by atoms with E-state index in [1.165, 1.54) is 16.7 Å². The lowest BCUT2D eigenvalue weighted by molar-refractivity contribution is -0.106. The van der Waals surface area contributed by atoms with Crippen LogP contribution in [0.2, 0.25) is 0 Å². The molecule has 13 heavy (non-hydrogen) atoms. The highest BCUT2D eigenvalue weighted by Gasteiger charge is 2.01. The van der Waals surface area contributed by atoms with E-state index in [1.807, 2.05) is 13.8 Å². The highest BCUT2D eigenvalue weighted by Crippen LogP contribution is 2.21. The van der Waals surface area contributed by atoms with E-state index in [0.29, 0.717) is 6.54 Å². The summed E-state index contributed by atoms with van der Waals surface area (Å²) in [5, 5.41) is 3.09. The van der Waals surface area contributed by atoms with Gasteiger partial charge in [-0.05, 0) is 31.9 Å². The number of anilines is 1. The van der Waals surface area contributed by atoms with Crippen molar-refractivity contribution >= 4 is 12.0 Å². The summed E-state index contributed by atoms with van der Waals surface area (Å²) in [7, 11) is 0. The van der Waals surface area contributed by atoms with Gasteiger partial charge in [0.15, 0.2) is 0 Å². The van der Waals surface area contributed by atoms with Gasteiger partial charge in [-0.2, -0.15) is 0 Å². The van der Waals surface area contributed by atoms with Gasteiger partial charge in [0.2, 0.25) is 0 Å². The summed E-state index contributed by atoms with van der Waals surface area (Å²) in [6.45, 7) is 6.55. The Morgan fingerprint density at radius 2 is 1.77 bits per heavy atom. The van der Waals surface area contributed by atoms with Crippen molar-refractivity contribution < 1.29 is 4.79 Å².